The standard InChI is InChI=1S/C37H51N11O5/c38-8-1-13-49-31-19-27(34-25-47(45-43-34)29-6-7-36(52-16-4-11-41)37(23-29)53-17-5-12-42)18-28(20-31)35-26-48(46-44-35)30-21-32(50-14-2-9-39)24-33(22-30)51-15-3-10-40/h6-7,18-26H,1-5,8-17,38-42H2. The van der Waals surface area contributed by atoms with Crippen molar-refractivity contribution in [2.45, 2.75) is 32.1 Å². The van der Waals surface area contributed by atoms with Gasteiger partial charge >= 0.3 is 0 Å². The molecule has 0 spiro atoms. The maximum atomic E-state index is 6.11. The highest BCUT2D eigenvalue weighted by Gasteiger charge is 2.16. The van der Waals surface area contributed by atoms with E-state index in [2.05, 4.69) is 20.6 Å². The number of ether oxygens (including phenoxy) is 5. The highest BCUT2D eigenvalue weighted by atomic mass is 16.5. The fourth-order valence-corrected chi connectivity index (χ4v) is 5.10. The molecule has 2 heterocycles. The molecule has 2 aromatic heterocycles. The Labute approximate surface area is 309 Å². The topological polar surface area (TPSA) is 238 Å². The lowest BCUT2D eigenvalue weighted by Gasteiger charge is -2.14. The monoisotopic (exact) mass is 729 g/mol. The van der Waals surface area contributed by atoms with E-state index in [1.54, 1.807) is 9.36 Å². The van der Waals surface area contributed by atoms with Gasteiger partial charge in [0.15, 0.2) is 11.5 Å². The van der Waals surface area contributed by atoms with Gasteiger partial charge in [-0.3, -0.25) is 0 Å². The second-order valence-corrected chi connectivity index (χ2v) is 12.1. The predicted molar refractivity (Wildman–Crippen MR) is 203 cm³/mol. The van der Waals surface area contributed by atoms with Gasteiger partial charge in [-0.1, -0.05) is 10.4 Å². The molecule has 53 heavy (non-hydrogen) atoms. The minimum Gasteiger partial charge on any atom is -0.494 e. The van der Waals surface area contributed by atoms with E-state index >= 15 is 0 Å². The lowest BCUT2D eigenvalue weighted by atomic mass is 10.1. The molecule has 5 rings (SSSR count). The summed E-state index contributed by atoms with van der Waals surface area (Å²) in [6.07, 6.45) is 7.27. The quantitative estimate of drug-likeness (QED) is 0.0575. The van der Waals surface area contributed by atoms with Gasteiger partial charge < -0.3 is 52.4 Å². The van der Waals surface area contributed by atoms with Crippen molar-refractivity contribution < 1.29 is 23.7 Å². The number of hydrogen-bond donors (Lipinski definition) is 5. The van der Waals surface area contributed by atoms with Crippen LogP contribution in [0.25, 0.3) is 33.9 Å². The molecule has 0 unspecified atom stereocenters. The van der Waals surface area contributed by atoms with Gasteiger partial charge in [0.1, 0.15) is 28.6 Å². The normalized spacial score (nSPS) is 11.1. The second kappa shape index (κ2) is 20.7. The summed E-state index contributed by atoms with van der Waals surface area (Å²) in [5, 5.41) is 17.9. The van der Waals surface area contributed by atoms with E-state index in [0.29, 0.717) is 119 Å². The Kier molecular flexibility index (Phi) is 15.2. The van der Waals surface area contributed by atoms with E-state index in [1.807, 2.05) is 67.0 Å². The number of hydrogen-bond acceptors (Lipinski definition) is 14. The summed E-state index contributed by atoms with van der Waals surface area (Å²) < 4.78 is 33.3. The third kappa shape index (κ3) is 11.4. The number of benzene rings is 3. The van der Waals surface area contributed by atoms with Gasteiger partial charge in [-0.05, 0) is 95.2 Å². The van der Waals surface area contributed by atoms with Gasteiger partial charge in [0, 0.05) is 35.4 Å². The van der Waals surface area contributed by atoms with Gasteiger partial charge in [-0.25, -0.2) is 9.36 Å². The summed E-state index contributed by atoms with van der Waals surface area (Å²) in [6.45, 7) is 4.98. The van der Waals surface area contributed by atoms with Crippen LogP contribution in [-0.4, -0.2) is 95.7 Å². The molecule has 0 aliphatic carbocycles. The molecule has 0 saturated carbocycles. The number of aromatic nitrogens is 6. The second-order valence-electron chi connectivity index (χ2n) is 12.1. The van der Waals surface area contributed by atoms with Gasteiger partial charge in [0.2, 0.25) is 0 Å². The summed E-state index contributed by atoms with van der Waals surface area (Å²) in [4.78, 5) is 0. The molecule has 284 valence electrons. The molecule has 0 bridgehead atoms. The number of nitrogens with zero attached hydrogens (tertiary/aromatic N) is 6. The van der Waals surface area contributed by atoms with Crippen molar-refractivity contribution in [1.29, 1.82) is 0 Å². The molecule has 16 nitrogen and oxygen atoms in total. The summed E-state index contributed by atoms with van der Waals surface area (Å²) in [5.41, 5.74) is 32.7. The van der Waals surface area contributed by atoms with E-state index in [-0.39, 0.29) is 0 Å². The Morgan fingerprint density at radius 1 is 0.434 bits per heavy atom. The molecule has 10 N–H and O–H groups in total. The Morgan fingerprint density at radius 3 is 1.36 bits per heavy atom. The van der Waals surface area contributed by atoms with Gasteiger partial charge in [-0.2, -0.15) is 0 Å². The predicted octanol–water partition coefficient (Wildman–Crippen LogP) is 2.82. The van der Waals surface area contributed by atoms with Gasteiger partial charge in [0.25, 0.3) is 0 Å². The zero-order chi connectivity index (χ0) is 37.3. The molecule has 0 aliphatic rings. The molecular weight excluding hydrogens is 678 g/mol. The van der Waals surface area contributed by atoms with E-state index in [1.165, 1.54) is 0 Å². The third-order valence-corrected chi connectivity index (χ3v) is 7.87. The van der Waals surface area contributed by atoms with E-state index in [0.717, 1.165) is 41.8 Å². The molecule has 3 aromatic carbocycles. The zero-order valence-corrected chi connectivity index (χ0v) is 30.1. The van der Waals surface area contributed by atoms with Crippen LogP contribution < -0.4 is 52.4 Å². The molecule has 0 amide bonds. The van der Waals surface area contributed by atoms with E-state index in [9.17, 15) is 0 Å². The first-order valence-corrected chi connectivity index (χ1v) is 18.0. The smallest absolute Gasteiger partial charge is 0.163 e. The van der Waals surface area contributed by atoms with Crippen LogP contribution in [0.4, 0.5) is 0 Å². The fraction of sp³-hybridized carbons (Fsp3) is 0.405. The zero-order valence-electron chi connectivity index (χ0n) is 30.1. The lowest BCUT2D eigenvalue weighted by molar-refractivity contribution is 0.265. The first-order chi connectivity index (χ1) is 26.0. The third-order valence-electron chi connectivity index (χ3n) is 7.87. The van der Waals surface area contributed by atoms with Crippen LogP contribution in [0.5, 0.6) is 28.7 Å². The Bertz CT molecular complexity index is 1820. The van der Waals surface area contributed by atoms with Crippen LogP contribution in [0.3, 0.4) is 0 Å². The first kappa shape index (κ1) is 39.0. The fourth-order valence-electron chi connectivity index (χ4n) is 5.10. The SMILES string of the molecule is NCCCOc1cc(-c2cn(-c3cc(OCCCN)cc(OCCCN)c3)nn2)cc(-c2cn(-c3ccc(OCCCN)c(OCCCN)c3)nn2)c1. The van der Waals surface area contributed by atoms with Gasteiger partial charge in [0.05, 0.1) is 56.8 Å². The molecule has 0 atom stereocenters. The van der Waals surface area contributed by atoms with Crippen molar-refractivity contribution in [1.82, 2.24) is 30.0 Å². The van der Waals surface area contributed by atoms with Crippen molar-refractivity contribution in [2.24, 2.45) is 28.7 Å². The Hall–Kier alpha value is -5.26. The van der Waals surface area contributed by atoms with E-state index in [4.69, 9.17) is 52.4 Å². The largest absolute Gasteiger partial charge is 0.494 e. The average molecular weight is 730 g/mol. The molecule has 16 heteroatoms. The van der Waals surface area contributed by atoms with Crippen LogP contribution >= 0.6 is 0 Å². The molecule has 0 fully saturated rings. The molecule has 0 saturated heterocycles. The van der Waals surface area contributed by atoms with Crippen LogP contribution in [0.2, 0.25) is 0 Å². The summed E-state index contributed by atoms with van der Waals surface area (Å²) in [7, 11) is 0. The van der Waals surface area contributed by atoms with Crippen LogP contribution in [0.1, 0.15) is 32.1 Å². The van der Waals surface area contributed by atoms with Crippen molar-refractivity contribution in [3.8, 4) is 62.6 Å². The highest BCUT2D eigenvalue weighted by molar-refractivity contribution is 5.71. The van der Waals surface area contributed by atoms with Crippen molar-refractivity contribution >= 4 is 0 Å². The van der Waals surface area contributed by atoms with Crippen LogP contribution in [-0.2, 0) is 0 Å². The minimum atomic E-state index is 0.454. The maximum absolute atomic E-state index is 6.11. The molecular formula is C37H51N11O5. The first-order valence-electron chi connectivity index (χ1n) is 18.0. The number of rotatable bonds is 24. The summed E-state index contributed by atoms with van der Waals surface area (Å²) in [5.74, 6) is 3.13. The molecule has 0 radical (unpaired) electrons. The highest BCUT2D eigenvalue weighted by Crippen LogP contribution is 2.33. The van der Waals surface area contributed by atoms with Crippen molar-refractivity contribution in [3.05, 3.63) is 67.0 Å². The van der Waals surface area contributed by atoms with Crippen molar-refractivity contribution in [2.75, 3.05) is 65.8 Å². The number of nitrogens with two attached hydrogens (primary N) is 5. The summed E-state index contributed by atoms with van der Waals surface area (Å²) >= 11 is 0. The van der Waals surface area contributed by atoms with Crippen molar-refractivity contribution in [3.63, 3.8) is 0 Å². The maximum Gasteiger partial charge on any atom is 0.163 e. The molecule has 0 aliphatic heterocycles. The summed E-state index contributed by atoms with van der Waals surface area (Å²) in [6, 6.07) is 17.0. The average Bonchev–Trinajstić information content (AvgIpc) is 3.88. The minimum absolute atomic E-state index is 0.454. The Balaban J connectivity index is 1.44. The Morgan fingerprint density at radius 2 is 0.868 bits per heavy atom. The lowest BCUT2D eigenvalue weighted by Crippen LogP contribution is -2.09. The van der Waals surface area contributed by atoms with E-state index < -0.39 is 0 Å². The molecule has 5 aromatic rings. The van der Waals surface area contributed by atoms with Crippen LogP contribution in [0.15, 0.2) is 67.0 Å². The van der Waals surface area contributed by atoms with Gasteiger partial charge in [-0.15, -0.1) is 10.2 Å². The van der Waals surface area contributed by atoms with Crippen LogP contribution in [0, 0.1) is 0 Å².